The smallest absolute Gasteiger partial charge is 0.338 e. The SMILES string of the molecule is CC(C)(C)OC(=O)c1ccc(-c2c(CO)nc3c(N4CCOCC4)ccnn23)cc1. The van der Waals surface area contributed by atoms with Crippen molar-refractivity contribution >= 4 is 17.3 Å². The number of hydrogen-bond donors (Lipinski definition) is 1. The minimum Gasteiger partial charge on any atom is -0.456 e. The predicted molar refractivity (Wildman–Crippen MR) is 113 cm³/mol. The molecule has 1 fully saturated rings. The summed E-state index contributed by atoms with van der Waals surface area (Å²) in [5.41, 5.74) is 3.61. The molecule has 8 nitrogen and oxygen atoms in total. The van der Waals surface area contributed by atoms with Gasteiger partial charge in [0.05, 0.1) is 48.7 Å². The zero-order valence-corrected chi connectivity index (χ0v) is 17.5. The van der Waals surface area contributed by atoms with Crippen LogP contribution in [0.1, 0.15) is 36.8 Å². The third-order valence-corrected chi connectivity index (χ3v) is 4.86. The molecule has 0 bridgehead atoms. The number of rotatable bonds is 4. The number of aromatic nitrogens is 3. The van der Waals surface area contributed by atoms with E-state index in [9.17, 15) is 9.90 Å². The maximum Gasteiger partial charge on any atom is 0.338 e. The summed E-state index contributed by atoms with van der Waals surface area (Å²) in [6.45, 7) is 8.19. The van der Waals surface area contributed by atoms with E-state index in [2.05, 4.69) is 15.0 Å². The molecule has 1 aliphatic heterocycles. The first-order chi connectivity index (χ1) is 14.4. The van der Waals surface area contributed by atoms with Crippen molar-refractivity contribution in [1.82, 2.24) is 14.6 Å². The van der Waals surface area contributed by atoms with Crippen molar-refractivity contribution in [2.24, 2.45) is 0 Å². The van der Waals surface area contributed by atoms with Gasteiger partial charge in [-0.2, -0.15) is 5.10 Å². The minimum absolute atomic E-state index is 0.213. The lowest BCUT2D eigenvalue weighted by atomic mass is 10.1. The van der Waals surface area contributed by atoms with Gasteiger partial charge in [-0.3, -0.25) is 0 Å². The van der Waals surface area contributed by atoms with E-state index in [1.54, 1.807) is 22.8 Å². The summed E-state index contributed by atoms with van der Waals surface area (Å²) in [6.07, 6.45) is 1.74. The Morgan fingerprint density at radius 3 is 2.50 bits per heavy atom. The monoisotopic (exact) mass is 410 g/mol. The fraction of sp³-hybridized carbons (Fsp3) is 0.409. The molecule has 4 rings (SSSR count). The first-order valence-corrected chi connectivity index (χ1v) is 10.0. The van der Waals surface area contributed by atoms with Crippen LogP contribution in [0.15, 0.2) is 36.5 Å². The summed E-state index contributed by atoms with van der Waals surface area (Å²) in [7, 11) is 0. The Bertz CT molecular complexity index is 1050. The van der Waals surface area contributed by atoms with Crippen molar-refractivity contribution in [3.63, 3.8) is 0 Å². The number of benzene rings is 1. The largest absolute Gasteiger partial charge is 0.456 e. The molecular weight excluding hydrogens is 384 g/mol. The zero-order valence-electron chi connectivity index (χ0n) is 17.5. The van der Waals surface area contributed by atoms with Crippen molar-refractivity contribution in [2.75, 3.05) is 31.2 Å². The second-order valence-electron chi connectivity index (χ2n) is 8.20. The molecule has 0 spiro atoms. The Labute approximate surface area is 175 Å². The number of fused-ring (bicyclic) bond motifs is 1. The highest BCUT2D eigenvalue weighted by Crippen LogP contribution is 2.30. The van der Waals surface area contributed by atoms with Crippen LogP contribution in [0.4, 0.5) is 5.69 Å². The molecular formula is C22H26N4O4. The van der Waals surface area contributed by atoms with Crippen LogP contribution < -0.4 is 4.90 Å². The number of carbonyl (C=O) groups is 1. The lowest BCUT2D eigenvalue weighted by molar-refractivity contribution is 0.00695. The molecule has 1 N–H and O–H groups in total. The third-order valence-electron chi connectivity index (χ3n) is 4.86. The number of hydrogen-bond acceptors (Lipinski definition) is 7. The van der Waals surface area contributed by atoms with Crippen LogP contribution in [0.2, 0.25) is 0 Å². The van der Waals surface area contributed by atoms with E-state index in [1.165, 1.54) is 0 Å². The van der Waals surface area contributed by atoms with E-state index in [1.807, 2.05) is 39.0 Å². The number of morpholine rings is 1. The molecule has 0 radical (unpaired) electrons. The second kappa shape index (κ2) is 8.04. The fourth-order valence-corrected chi connectivity index (χ4v) is 3.53. The standard InChI is InChI=1S/C22H26N4O4/c1-22(2,3)30-21(28)16-6-4-15(5-7-16)19-17(14-27)24-20-18(8-9-23-26(19)20)25-10-12-29-13-11-25/h4-9,27H,10-14H2,1-3H3. The topological polar surface area (TPSA) is 89.2 Å². The van der Waals surface area contributed by atoms with Gasteiger partial charge in [-0.25, -0.2) is 14.3 Å². The Morgan fingerprint density at radius 2 is 1.87 bits per heavy atom. The normalized spacial score (nSPS) is 14.9. The molecule has 158 valence electrons. The Balaban J connectivity index is 1.72. The third kappa shape index (κ3) is 4.01. The van der Waals surface area contributed by atoms with E-state index < -0.39 is 5.60 Å². The van der Waals surface area contributed by atoms with E-state index in [4.69, 9.17) is 9.47 Å². The number of ether oxygens (including phenoxy) is 2. The van der Waals surface area contributed by atoms with Crippen LogP contribution in [0.25, 0.3) is 16.9 Å². The highest BCUT2D eigenvalue weighted by atomic mass is 16.6. The Morgan fingerprint density at radius 1 is 1.17 bits per heavy atom. The Kier molecular flexibility index (Phi) is 5.44. The number of imidazole rings is 1. The number of esters is 1. The van der Waals surface area contributed by atoms with Gasteiger partial charge in [0.25, 0.3) is 0 Å². The molecule has 30 heavy (non-hydrogen) atoms. The molecule has 0 aliphatic carbocycles. The van der Waals surface area contributed by atoms with Crippen LogP contribution in [-0.2, 0) is 16.1 Å². The van der Waals surface area contributed by atoms with Gasteiger partial charge in [0.15, 0.2) is 5.65 Å². The lowest BCUT2D eigenvalue weighted by Gasteiger charge is -2.28. The molecule has 2 aromatic heterocycles. The summed E-state index contributed by atoms with van der Waals surface area (Å²) in [4.78, 5) is 19.2. The predicted octanol–water partition coefficient (Wildman–Crippen LogP) is 2.68. The molecule has 0 unspecified atom stereocenters. The second-order valence-corrected chi connectivity index (χ2v) is 8.20. The van der Waals surface area contributed by atoms with Crippen LogP contribution in [0, 0.1) is 0 Å². The van der Waals surface area contributed by atoms with Crippen LogP contribution in [-0.4, -0.2) is 57.6 Å². The highest BCUT2D eigenvalue weighted by molar-refractivity contribution is 5.90. The number of aliphatic hydroxyl groups excluding tert-OH is 1. The van der Waals surface area contributed by atoms with Gasteiger partial charge in [0.2, 0.25) is 0 Å². The van der Waals surface area contributed by atoms with E-state index in [0.29, 0.717) is 35.8 Å². The van der Waals surface area contributed by atoms with Crippen molar-refractivity contribution in [2.45, 2.75) is 33.0 Å². The quantitative estimate of drug-likeness (QED) is 0.662. The molecule has 1 saturated heterocycles. The summed E-state index contributed by atoms with van der Waals surface area (Å²) >= 11 is 0. The molecule has 1 aliphatic rings. The van der Waals surface area contributed by atoms with Gasteiger partial charge in [0.1, 0.15) is 5.60 Å². The molecule has 0 amide bonds. The molecule has 3 heterocycles. The number of nitrogens with zero attached hydrogens (tertiary/aromatic N) is 4. The molecule has 8 heteroatoms. The summed E-state index contributed by atoms with van der Waals surface area (Å²) in [5, 5.41) is 14.4. The van der Waals surface area contributed by atoms with Gasteiger partial charge < -0.3 is 19.5 Å². The van der Waals surface area contributed by atoms with Crippen molar-refractivity contribution in [1.29, 1.82) is 0 Å². The van der Waals surface area contributed by atoms with Crippen LogP contribution >= 0.6 is 0 Å². The zero-order chi connectivity index (χ0) is 21.3. The van der Waals surface area contributed by atoms with Gasteiger partial charge in [0, 0.05) is 18.7 Å². The maximum atomic E-state index is 12.3. The van der Waals surface area contributed by atoms with Crippen molar-refractivity contribution < 1.29 is 19.4 Å². The van der Waals surface area contributed by atoms with E-state index in [0.717, 1.165) is 24.3 Å². The van der Waals surface area contributed by atoms with Crippen molar-refractivity contribution in [3.8, 4) is 11.3 Å². The molecule has 0 atom stereocenters. The summed E-state index contributed by atoms with van der Waals surface area (Å²) in [6, 6.07) is 9.02. The van der Waals surface area contributed by atoms with E-state index >= 15 is 0 Å². The lowest BCUT2D eigenvalue weighted by Crippen LogP contribution is -2.36. The molecule has 0 saturated carbocycles. The number of anilines is 1. The first-order valence-electron chi connectivity index (χ1n) is 10.0. The van der Waals surface area contributed by atoms with Crippen LogP contribution in [0.5, 0.6) is 0 Å². The molecule has 1 aromatic carbocycles. The number of carbonyl (C=O) groups excluding carboxylic acids is 1. The molecule has 3 aromatic rings. The average molecular weight is 410 g/mol. The van der Waals surface area contributed by atoms with Crippen molar-refractivity contribution in [3.05, 3.63) is 47.8 Å². The average Bonchev–Trinajstić information content (AvgIpc) is 3.12. The first kappa shape index (κ1) is 20.3. The Hall–Kier alpha value is -2.97. The fourth-order valence-electron chi connectivity index (χ4n) is 3.53. The maximum absolute atomic E-state index is 12.3. The van der Waals surface area contributed by atoms with Gasteiger partial charge in [-0.15, -0.1) is 0 Å². The summed E-state index contributed by atoms with van der Waals surface area (Å²) in [5.74, 6) is -0.373. The minimum atomic E-state index is -0.554. The highest BCUT2D eigenvalue weighted by Gasteiger charge is 2.22. The van der Waals surface area contributed by atoms with Gasteiger partial charge >= 0.3 is 5.97 Å². The van der Waals surface area contributed by atoms with E-state index in [-0.39, 0.29) is 12.6 Å². The summed E-state index contributed by atoms with van der Waals surface area (Å²) < 4.78 is 12.6. The van der Waals surface area contributed by atoms with Gasteiger partial charge in [-0.05, 0) is 39.0 Å². The van der Waals surface area contributed by atoms with Gasteiger partial charge in [-0.1, -0.05) is 12.1 Å². The number of aliphatic hydroxyl groups is 1. The van der Waals surface area contributed by atoms with Crippen LogP contribution in [0.3, 0.4) is 0 Å².